The summed E-state index contributed by atoms with van der Waals surface area (Å²) in [5, 5.41) is 7.64. The molecule has 90 valence electrons. The summed E-state index contributed by atoms with van der Waals surface area (Å²) < 4.78 is 0. The zero-order valence-electron chi connectivity index (χ0n) is 9.50. The number of hydrogen-bond donors (Lipinski definition) is 3. The van der Waals surface area contributed by atoms with Crippen LogP contribution in [0.25, 0.3) is 0 Å². The van der Waals surface area contributed by atoms with E-state index in [0.29, 0.717) is 13.0 Å². The molecule has 0 radical (unpaired) electrons. The predicted molar refractivity (Wildman–Crippen MR) is 64.5 cm³/mol. The Balaban J connectivity index is 2.27. The lowest BCUT2D eigenvalue weighted by Crippen LogP contribution is -2.33. The minimum atomic E-state index is -0.0923. The summed E-state index contributed by atoms with van der Waals surface area (Å²) in [7, 11) is 0. The lowest BCUT2D eigenvalue weighted by molar-refractivity contribution is -0.121. The molecule has 6 heteroatoms. The van der Waals surface area contributed by atoms with Crippen molar-refractivity contribution in [2.45, 2.75) is 32.9 Å². The van der Waals surface area contributed by atoms with Crippen LogP contribution >= 0.6 is 11.3 Å². The first-order valence-electron chi connectivity index (χ1n) is 5.28. The van der Waals surface area contributed by atoms with E-state index >= 15 is 0 Å². The van der Waals surface area contributed by atoms with Gasteiger partial charge in [-0.25, -0.2) is 0 Å². The van der Waals surface area contributed by atoms with E-state index in [1.54, 1.807) is 5.38 Å². The maximum absolute atomic E-state index is 11.5. The number of carbonyl (C=O) groups is 1. The van der Waals surface area contributed by atoms with Gasteiger partial charge in [0.15, 0.2) is 0 Å². The summed E-state index contributed by atoms with van der Waals surface area (Å²) in [5.74, 6) is -0.0134. The maximum atomic E-state index is 11.5. The zero-order valence-corrected chi connectivity index (χ0v) is 10.3. The smallest absolute Gasteiger partial charge is 0.304 e. The standard InChI is InChI=1S/C10H17N3O2S/c1-3-11-7(2)4-9(14)12-5-8-6-16-10(15)13-8/h6-7,11H,3-5H2,1-2H3,(H,12,14)(H,13,15). The van der Waals surface area contributed by atoms with Gasteiger partial charge in [0.05, 0.1) is 6.54 Å². The van der Waals surface area contributed by atoms with Crippen LogP contribution in [0.4, 0.5) is 0 Å². The maximum Gasteiger partial charge on any atom is 0.304 e. The van der Waals surface area contributed by atoms with Gasteiger partial charge in [-0.1, -0.05) is 18.3 Å². The van der Waals surface area contributed by atoms with Gasteiger partial charge in [-0.2, -0.15) is 0 Å². The molecule has 0 bridgehead atoms. The van der Waals surface area contributed by atoms with Gasteiger partial charge in [-0.3, -0.25) is 9.59 Å². The second-order valence-corrected chi connectivity index (χ2v) is 4.46. The van der Waals surface area contributed by atoms with Crippen molar-refractivity contribution in [1.82, 2.24) is 15.6 Å². The number of hydrogen-bond acceptors (Lipinski definition) is 4. The lowest BCUT2D eigenvalue weighted by atomic mass is 10.2. The molecule has 0 spiro atoms. The molecule has 1 rings (SSSR count). The molecule has 1 amide bonds. The fourth-order valence-corrected chi connectivity index (χ4v) is 1.95. The molecule has 16 heavy (non-hydrogen) atoms. The lowest BCUT2D eigenvalue weighted by Gasteiger charge is -2.11. The number of aromatic amines is 1. The summed E-state index contributed by atoms with van der Waals surface area (Å²) in [6.07, 6.45) is 0.447. The van der Waals surface area contributed by atoms with E-state index < -0.39 is 0 Å². The van der Waals surface area contributed by atoms with Crippen molar-refractivity contribution in [2.75, 3.05) is 6.54 Å². The highest BCUT2D eigenvalue weighted by Gasteiger charge is 2.07. The molecule has 1 atom stereocenters. The van der Waals surface area contributed by atoms with E-state index in [4.69, 9.17) is 0 Å². The van der Waals surface area contributed by atoms with Crippen LogP contribution in [0.1, 0.15) is 26.0 Å². The molecule has 1 aromatic rings. The Morgan fingerprint density at radius 1 is 1.62 bits per heavy atom. The van der Waals surface area contributed by atoms with Gasteiger partial charge in [-0.05, 0) is 13.5 Å². The number of thiazole rings is 1. The highest BCUT2D eigenvalue weighted by atomic mass is 32.1. The van der Waals surface area contributed by atoms with Crippen LogP contribution in [0.2, 0.25) is 0 Å². The molecule has 1 unspecified atom stereocenters. The van der Waals surface area contributed by atoms with Crippen molar-refractivity contribution < 1.29 is 4.79 Å². The third kappa shape index (κ3) is 4.59. The second kappa shape index (κ2) is 6.44. The predicted octanol–water partition coefficient (Wildman–Crippen LogP) is 0.441. The van der Waals surface area contributed by atoms with Crippen LogP contribution in [-0.4, -0.2) is 23.5 Å². The van der Waals surface area contributed by atoms with Gasteiger partial charge in [0.2, 0.25) is 5.91 Å². The third-order valence-electron chi connectivity index (χ3n) is 2.09. The quantitative estimate of drug-likeness (QED) is 0.679. The van der Waals surface area contributed by atoms with Gasteiger partial charge in [0.25, 0.3) is 0 Å². The number of nitrogens with one attached hydrogen (secondary N) is 3. The zero-order chi connectivity index (χ0) is 12.0. The van der Waals surface area contributed by atoms with Crippen molar-refractivity contribution in [1.29, 1.82) is 0 Å². The minimum Gasteiger partial charge on any atom is -0.350 e. The summed E-state index contributed by atoms with van der Waals surface area (Å²) in [4.78, 5) is 24.9. The number of rotatable bonds is 6. The van der Waals surface area contributed by atoms with Crippen LogP contribution in [0.15, 0.2) is 10.2 Å². The molecular weight excluding hydrogens is 226 g/mol. The van der Waals surface area contributed by atoms with Gasteiger partial charge in [0.1, 0.15) is 0 Å². The van der Waals surface area contributed by atoms with Gasteiger partial charge in [-0.15, -0.1) is 0 Å². The first-order valence-corrected chi connectivity index (χ1v) is 6.16. The fraction of sp³-hybridized carbons (Fsp3) is 0.600. The van der Waals surface area contributed by atoms with Crippen LogP contribution < -0.4 is 15.5 Å². The molecule has 3 N–H and O–H groups in total. The molecule has 0 aliphatic heterocycles. The van der Waals surface area contributed by atoms with Crippen molar-refractivity contribution in [3.63, 3.8) is 0 Å². The molecular formula is C10H17N3O2S. The Labute approximate surface area is 98.3 Å². The van der Waals surface area contributed by atoms with Crippen molar-refractivity contribution in [2.24, 2.45) is 0 Å². The molecule has 5 nitrogen and oxygen atoms in total. The molecule has 0 aromatic carbocycles. The van der Waals surface area contributed by atoms with E-state index in [9.17, 15) is 9.59 Å². The molecule has 1 heterocycles. The molecule has 1 aromatic heterocycles. The largest absolute Gasteiger partial charge is 0.350 e. The van der Waals surface area contributed by atoms with E-state index in [-0.39, 0.29) is 16.8 Å². The van der Waals surface area contributed by atoms with Crippen LogP contribution in [0, 0.1) is 0 Å². The summed E-state index contributed by atoms with van der Waals surface area (Å²) in [6.45, 7) is 5.21. The van der Waals surface area contributed by atoms with Crippen molar-refractivity contribution in [3.8, 4) is 0 Å². The Hall–Kier alpha value is -1.14. The number of carbonyl (C=O) groups excluding carboxylic acids is 1. The average molecular weight is 243 g/mol. The number of H-pyrrole nitrogens is 1. The van der Waals surface area contributed by atoms with E-state index in [1.807, 2.05) is 13.8 Å². The Kier molecular flexibility index (Phi) is 5.21. The fourth-order valence-electron chi connectivity index (χ4n) is 1.37. The summed E-state index contributed by atoms with van der Waals surface area (Å²) >= 11 is 1.10. The van der Waals surface area contributed by atoms with Crippen LogP contribution in [0.3, 0.4) is 0 Å². The third-order valence-corrected chi connectivity index (χ3v) is 2.81. The van der Waals surface area contributed by atoms with Crippen molar-refractivity contribution >= 4 is 17.2 Å². The van der Waals surface area contributed by atoms with Gasteiger partial charge < -0.3 is 15.6 Å². The highest BCUT2D eigenvalue weighted by Crippen LogP contribution is 1.96. The molecule has 0 saturated heterocycles. The summed E-state index contributed by atoms with van der Waals surface area (Å²) in [6, 6.07) is 0.173. The molecule has 0 saturated carbocycles. The highest BCUT2D eigenvalue weighted by molar-refractivity contribution is 7.07. The summed E-state index contributed by atoms with van der Waals surface area (Å²) in [5.41, 5.74) is 0.749. The first-order chi connectivity index (χ1) is 7.61. The molecule has 0 aliphatic rings. The van der Waals surface area contributed by atoms with E-state index in [2.05, 4.69) is 15.6 Å². The first kappa shape index (κ1) is 12.9. The number of aromatic nitrogens is 1. The number of amides is 1. The van der Waals surface area contributed by atoms with Gasteiger partial charge >= 0.3 is 4.87 Å². The Bertz CT molecular complexity index is 385. The van der Waals surface area contributed by atoms with Crippen LogP contribution in [-0.2, 0) is 11.3 Å². The SMILES string of the molecule is CCNC(C)CC(=O)NCc1csc(=O)[nH]1. The topological polar surface area (TPSA) is 74.0 Å². The van der Waals surface area contributed by atoms with Crippen LogP contribution in [0.5, 0.6) is 0 Å². The van der Waals surface area contributed by atoms with Gasteiger partial charge in [0, 0.05) is 23.5 Å². The molecule has 0 aliphatic carbocycles. The molecule has 0 fully saturated rings. The van der Waals surface area contributed by atoms with E-state index in [1.165, 1.54) is 0 Å². The van der Waals surface area contributed by atoms with E-state index in [0.717, 1.165) is 23.6 Å². The Morgan fingerprint density at radius 3 is 2.94 bits per heavy atom. The van der Waals surface area contributed by atoms with Crippen molar-refractivity contribution in [3.05, 3.63) is 20.7 Å². The normalized spacial score (nSPS) is 12.4. The monoisotopic (exact) mass is 243 g/mol. The second-order valence-electron chi connectivity index (χ2n) is 3.61. The average Bonchev–Trinajstić information content (AvgIpc) is 2.61. The Morgan fingerprint density at radius 2 is 2.38 bits per heavy atom. The minimum absolute atomic E-state index is 0.0134.